The van der Waals surface area contributed by atoms with Crippen LogP contribution in [0.2, 0.25) is 0 Å². The van der Waals surface area contributed by atoms with Crippen LogP contribution in [-0.2, 0) is 6.18 Å². The predicted octanol–water partition coefficient (Wildman–Crippen LogP) is 10.8. The maximum atomic E-state index is 14.6. The minimum absolute atomic E-state index is 0.148. The van der Waals surface area contributed by atoms with Crippen molar-refractivity contribution < 1.29 is 13.2 Å². The smallest absolute Gasteiger partial charge is 0.301 e. The molecule has 0 fully saturated rings. The van der Waals surface area contributed by atoms with Crippen LogP contribution in [0.3, 0.4) is 0 Å². The van der Waals surface area contributed by atoms with Crippen molar-refractivity contribution in [3.63, 3.8) is 0 Å². The summed E-state index contributed by atoms with van der Waals surface area (Å²) in [6.45, 7) is 6.68. The second-order valence-electron chi connectivity index (χ2n) is 14.8. The number of anilines is 8. The molecular formula is C45H33F3N8. The first-order chi connectivity index (χ1) is 27.3. The number of alkyl halides is 3. The van der Waals surface area contributed by atoms with Crippen LogP contribution in [-0.4, -0.2) is 32.3 Å². The summed E-state index contributed by atoms with van der Waals surface area (Å²) in [5.41, 5.74) is 7.81. The molecule has 5 aromatic carbocycles. The maximum Gasteiger partial charge on any atom is 0.434 e. The van der Waals surface area contributed by atoms with Gasteiger partial charge >= 0.3 is 6.18 Å². The summed E-state index contributed by atoms with van der Waals surface area (Å²) in [5.74, 6) is 1.38. The number of rotatable bonds is 2. The average Bonchev–Trinajstić information content (AvgIpc) is 3.72. The van der Waals surface area contributed by atoms with Crippen molar-refractivity contribution in [2.45, 2.75) is 37.8 Å². The highest BCUT2D eigenvalue weighted by atomic mass is 19.4. The summed E-state index contributed by atoms with van der Waals surface area (Å²) in [4.78, 5) is 28.4. The first kappa shape index (κ1) is 32.7. The van der Waals surface area contributed by atoms with Gasteiger partial charge < -0.3 is 19.6 Å². The second-order valence-corrected chi connectivity index (χ2v) is 14.8. The quantitative estimate of drug-likeness (QED) is 0.173. The fourth-order valence-corrected chi connectivity index (χ4v) is 9.43. The number of fused-ring (bicyclic) bond motifs is 15. The molecule has 4 unspecified atom stereocenters. The van der Waals surface area contributed by atoms with E-state index in [4.69, 9.17) is 16.5 Å². The monoisotopic (exact) mass is 742 g/mol. The minimum atomic E-state index is -4.71. The highest BCUT2D eigenvalue weighted by molar-refractivity contribution is 5.94. The number of hydrogen-bond donors (Lipinski definition) is 0. The lowest BCUT2D eigenvalue weighted by Gasteiger charge is -2.53. The fourth-order valence-electron chi connectivity index (χ4n) is 9.43. The van der Waals surface area contributed by atoms with Crippen LogP contribution in [0.25, 0.3) is 16.6 Å². The summed E-state index contributed by atoms with van der Waals surface area (Å²) in [5, 5.41) is 0. The van der Waals surface area contributed by atoms with Crippen molar-refractivity contribution in [1.82, 2.24) is 19.9 Å². The van der Waals surface area contributed by atoms with E-state index in [0.717, 1.165) is 62.2 Å². The molecule has 4 aliphatic heterocycles. The van der Waals surface area contributed by atoms with Gasteiger partial charge in [0, 0.05) is 34.5 Å². The van der Waals surface area contributed by atoms with Crippen LogP contribution >= 0.6 is 0 Å². The zero-order valence-electron chi connectivity index (χ0n) is 30.1. The molecule has 8 nitrogen and oxygen atoms in total. The molecule has 56 heavy (non-hydrogen) atoms. The Balaban J connectivity index is 1.26. The molecule has 0 aliphatic carbocycles. The van der Waals surface area contributed by atoms with E-state index in [1.165, 1.54) is 0 Å². The number of hydrogen-bond acceptors (Lipinski definition) is 8. The molecular weight excluding hydrogens is 710 g/mol. The van der Waals surface area contributed by atoms with Crippen LogP contribution in [0.1, 0.15) is 34.7 Å². The van der Waals surface area contributed by atoms with E-state index in [1.54, 1.807) is 0 Å². The number of halogens is 3. The number of aryl methyl sites for hydroxylation is 1. The lowest BCUT2D eigenvalue weighted by Crippen LogP contribution is -2.60. The molecule has 4 aliphatic rings. The summed E-state index contributed by atoms with van der Waals surface area (Å²) in [6.07, 6.45) is -4.32. The van der Waals surface area contributed by atoms with Gasteiger partial charge in [0.1, 0.15) is 12.3 Å². The van der Waals surface area contributed by atoms with Gasteiger partial charge in [-0.05, 0) is 72.5 Å². The molecule has 0 bridgehead atoms. The first-order valence-corrected chi connectivity index (χ1v) is 18.6. The standard InChI is InChI=1S/C45H33F3N8/c1-26-14-6-11-21-34(26)54-40-39(49-25-37(52-40)45(46,47)48)55-35-22-12-7-17-29(35)27(2)24-31-30-18-8-13-23-36(30)56-42-41(50-32-19-9-10-20-33(32)51-42)53(28-15-4-3-5-16-28)43(56)38(31)44(54)55/h3-23,25,31,38,43-44H,2,24H2,1H3. The molecule has 0 saturated carbocycles. The Morgan fingerprint density at radius 3 is 1.88 bits per heavy atom. The van der Waals surface area contributed by atoms with E-state index in [2.05, 4.69) is 55.0 Å². The van der Waals surface area contributed by atoms with Crippen molar-refractivity contribution in [3.05, 3.63) is 163 Å². The second kappa shape index (κ2) is 11.9. The fraction of sp³-hybridized carbons (Fsp3) is 0.156. The summed E-state index contributed by atoms with van der Waals surface area (Å²) in [7, 11) is 0. The molecule has 0 radical (unpaired) electrons. The highest BCUT2D eigenvalue weighted by Gasteiger charge is 2.60. The predicted molar refractivity (Wildman–Crippen MR) is 213 cm³/mol. The van der Waals surface area contributed by atoms with Crippen LogP contribution in [0.4, 0.5) is 59.2 Å². The largest absolute Gasteiger partial charge is 0.434 e. The van der Waals surface area contributed by atoms with Gasteiger partial charge in [-0.3, -0.25) is 0 Å². The van der Waals surface area contributed by atoms with Gasteiger partial charge in [0.05, 0.1) is 22.9 Å². The van der Waals surface area contributed by atoms with Crippen molar-refractivity contribution in [3.8, 4) is 0 Å². The Kier molecular flexibility index (Phi) is 6.92. The average molecular weight is 743 g/mol. The molecule has 0 N–H and O–H groups in total. The number of allylic oxidation sites excluding steroid dienone is 1. The highest BCUT2D eigenvalue weighted by Crippen LogP contribution is 2.62. The Labute approximate surface area is 320 Å². The van der Waals surface area contributed by atoms with Gasteiger partial charge in [-0.25, -0.2) is 19.9 Å². The van der Waals surface area contributed by atoms with E-state index < -0.39 is 24.2 Å². The lowest BCUT2D eigenvalue weighted by molar-refractivity contribution is -0.141. The van der Waals surface area contributed by atoms with Crippen LogP contribution in [0.5, 0.6) is 0 Å². The molecule has 7 aromatic rings. The van der Waals surface area contributed by atoms with Crippen LogP contribution in [0.15, 0.2) is 140 Å². The van der Waals surface area contributed by atoms with Crippen LogP contribution < -0.4 is 19.6 Å². The van der Waals surface area contributed by atoms with Gasteiger partial charge in [0.15, 0.2) is 29.0 Å². The van der Waals surface area contributed by atoms with E-state index in [0.29, 0.717) is 23.9 Å². The van der Waals surface area contributed by atoms with E-state index in [1.807, 2.05) is 109 Å². The number of benzene rings is 5. The Morgan fingerprint density at radius 1 is 0.589 bits per heavy atom. The summed E-state index contributed by atoms with van der Waals surface area (Å²) in [6, 6.07) is 42.3. The van der Waals surface area contributed by atoms with Gasteiger partial charge in [0.25, 0.3) is 0 Å². The normalized spacial score (nSPS) is 20.7. The zero-order chi connectivity index (χ0) is 37.9. The Morgan fingerprint density at radius 2 is 1.14 bits per heavy atom. The number of para-hydroxylation sites is 6. The molecule has 2 aromatic heterocycles. The van der Waals surface area contributed by atoms with Crippen LogP contribution in [0, 0.1) is 12.8 Å². The van der Waals surface area contributed by atoms with E-state index >= 15 is 0 Å². The molecule has 0 spiro atoms. The lowest BCUT2D eigenvalue weighted by atomic mass is 9.71. The molecule has 11 heteroatoms. The third-order valence-corrected chi connectivity index (χ3v) is 11.7. The van der Waals surface area contributed by atoms with Crippen molar-refractivity contribution >= 4 is 62.6 Å². The third kappa shape index (κ3) is 4.60. The van der Waals surface area contributed by atoms with Gasteiger partial charge in [-0.2, -0.15) is 13.2 Å². The summed E-state index contributed by atoms with van der Waals surface area (Å²) >= 11 is 0. The maximum absolute atomic E-state index is 14.6. The Bertz CT molecular complexity index is 2740. The third-order valence-electron chi connectivity index (χ3n) is 11.7. The van der Waals surface area contributed by atoms with Gasteiger partial charge in [-0.15, -0.1) is 0 Å². The molecule has 11 rings (SSSR count). The summed E-state index contributed by atoms with van der Waals surface area (Å²) < 4.78 is 43.8. The molecule has 0 saturated heterocycles. The van der Waals surface area contributed by atoms with Crippen molar-refractivity contribution in [2.24, 2.45) is 5.92 Å². The molecule has 6 heterocycles. The van der Waals surface area contributed by atoms with Gasteiger partial charge in [-0.1, -0.05) is 91.5 Å². The molecule has 274 valence electrons. The van der Waals surface area contributed by atoms with E-state index in [-0.39, 0.29) is 17.7 Å². The minimum Gasteiger partial charge on any atom is -0.301 e. The molecule has 0 amide bonds. The van der Waals surface area contributed by atoms with Crippen molar-refractivity contribution in [2.75, 3.05) is 19.6 Å². The van der Waals surface area contributed by atoms with Crippen molar-refractivity contribution in [1.29, 1.82) is 0 Å². The van der Waals surface area contributed by atoms with Gasteiger partial charge in [0.2, 0.25) is 0 Å². The SMILES string of the molecule is C=C1CC2c3ccccc3N3c4nc5ccccc5nc4N(c4ccccc4)C3C2C2N(c3ccccc3C)c3nc(C(F)(F)F)cnc3N2c2ccccc21. The molecule has 4 atom stereocenters. The van der Waals surface area contributed by atoms with E-state index in [9.17, 15) is 13.2 Å². The first-order valence-electron chi connectivity index (χ1n) is 18.6. The Hall–Kier alpha value is -6.75. The number of aromatic nitrogens is 4. The zero-order valence-corrected chi connectivity index (χ0v) is 30.1. The topological polar surface area (TPSA) is 64.5 Å². The number of nitrogens with zero attached hydrogens (tertiary/aromatic N) is 8.